The lowest BCUT2D eigenvalue weighted by Crippen LogP contribution is -2.30. The van der Waals surface area contributed by atoms with E-state index in [1.807, 2.05) is 30.5 Å². The van der Waals surface area contributed by atoms with Crippen molar-refractivity contribution in [1.82, 2.24) is 0 Å². The van der Waals surface area contributed by atoms with Crippen LogP contribution in [0, 0.1) is 0 Å². The second-order valence-electron chi connectivity index (χ2n) is 4.41. The molecule has 21 heavy (non-hydrogen) atoms. The molecule has 6 heteroatoms. The molecule has 0 heterocycles. The van der Waals surface area contributed by atoms with Crippen LogP contribution in [0.25, 0.3) is 0 Å². The molecule has 0 bridgehead atoms. The van der Waals surface area contributed by atoms with Crippen LogP contribution in [0.15, 0.2) is 47.4 Å². The van der Waals surface area contributed by atoms with E-state index in [0.717, 1.165) is 11.3 Å². The van der Waals surface area contributed by atoms with E-state index in [1.54, 1.807) is 37.1 Å². The highest BCUT2D eigenvalue weighted by atomic mass is 32.2. The molecule has 0 radical (unpaired) electrons. The Bertz CT molecular complexity index is 587. The van der Waals surface area contributed by atoms with Crippen LogP contribution in [0.1, 0.15) is 5.56 Å². The lowest BCUT2D eigenvalue weighted by atomic mass is 9.79. The Kier molecular flexibility index (Phi) is 5.55. The normalized spacial score (nSPS) is 10.3. The van der Waals surface area contributed by atoms with Crippen molar-refractivity contribution in [3.05, 3.63) is 48.0 Å². The molecule has 0 spiro atoms. The molecule has 2 aromatic carbocycles. The topological polar surface area (TPSA) is 58.9 Å². The number of methoxy groups -OCH3 is 1. The van der Waals surface area contributed by atoms with Gasteiger partial charge in [0, 0.05) is 10.5 Å². The van der Waals surface area contributed by atoms with Crippen molar-refractivity contribution in [1.29, 1.82) is 0 Å². The first-order chi connectivity index (χ1) is 10.1. The van der Waals surface area contributed by atoms with Gasteiger partial charge in [0.25, 0.3) is 0 Å². The summed E-state index contributed by atoms with van der Waals surface area (Å²) in [6, 6.07) is 12.8. The molecular weight excluding hydrogens is 287 g/mol. The molecule has 0 aromatic heterocycles. The van der Waals surface area contributed by atoms with Crippen LogP contribution in [-0.2, 0) is 6.61 Å². The smallest absolute Gasteiger partial charge is 0.488 e. The summed E-state index contributed by atoms with van der Waals surface area (Å²) in [6.45, 7) is 0.294. The average Bonchev–Trinajstić information content (AvgIpc) is 2.53. The van der Waals surface area contributed by atoms with E-state index in [4.69, 9.17) is 9.47 Å². The molecule has 4 nitrogen and oxygen atoms in total. The maximum Gasteiger partial charge on any atom is 0.488 e. The largest absolute Gasteiger partial charge is 0.496 e. The summed E-state index contributed by atoms with van der Waals surface area (Å²) in [7, 11) is 0.0664. The minimum atomic E-state index is -1.50. The molecule has 110 valence electrons. The summed E-state index contributed by atoms with van der Waals surface area (Å²) in [5.74, 6) is 1.41. The summed E-state index contributed by atoms with van der Waals surface area (Å²) in [5, 5.41) is 18.5. The summed E-state index contributed by atoms with van der Waals surface area (Å²) < 4.78 is 11.0. The first-order valence-corrected chi connectivity index (χ1v) is 7.66. The van der Waals surface area contributed by atoms with E-state index in [0.29, 0.717) is 17.8 Å². The van der Waals surface area contributed by atoms with Gasteiger partial charge in [0.05, 0.1) is 7.11 Å². The van der Waals surface area contributed by atoms with Crippen molar-refractivity contribution < 1.29 is 19.5 Å². The quantitative estimate of drug-likeness (QED) is 0.628. The van der Waals surface area contributed by atoms with Crippen LogP contribution in [0.3, 0.4) is 0 Å². The van der Waals surface area contributed by atoms with E-state index in [2.05, 4.69) is 0 Å². The van der Waals surface area contributed by atoms with Gasteiger partial charge in [-0.3, -0.25) is 0 Å². The van der Waals surface area contributed by atoms with Gasteiger partial charge in [-0.25, -0.2) is 0 Å². The molecule has 0 amide bonds. The Morgan fingerprint density at radius 1 is 1.10 bits per heavy atom. The highest BCUT2D eigenvalue weighted by molar-refractivity contribution is 7.98. The van der Waals surface area contributed by atoms with Crippen molar-refractivity contribution >= 4 is 24.3 Å². The van der Waals surface area contributed by atoms with Crippen molar-refractivity contribution in [2.45, 2.75) is 11.5 Å². The van der Waals surface area contributed by atoms with Crippen molar-refractivity contribution in [2.24, 2.45) is 0 Å². The van der Waals surface area contributed by atoms with Crippen molar-refractivity contribution in [3.8, 4) is 11.5 Å². The molecule has 2 N–H and O–H groups in total. The summed E-state index contributed by atoms with van der Waals surface area (Å²) >= 11 is 1.67. The molecule has 2 aromatic rings. The zero-order valence-electron chi connectivity index (χ0n) is 11.9. The van der Waals surface area contributed by atoms with Gasteiger partial charge in [-0.15, -0.1) is 11.8 Å². The fraction of sp³-hybridized carbons (Fsp3) is 0.200. The molecule has 0 saturated heterocycles. The van der Waals surface area contributed by atoms with E-state index in [1.165, 1.54) is 4.90 Å². The van der Waals surface area contributed by atoms with E-state index in [9.17, 15) is 10.0 Å². The second kappa shape index (κ2) is 7.40. The number of hydrogen-bond acceptors (Lipinski definition) is 5. The third-order valence-corrected chi connectivity index (χ3v) is 3.80. The second-order valence-corrected chi connectivity index (χ2v) is 5.29. The van der Waals surface area contributed by atoms with Gasteiger partial charge in [0.15, 0.2) is 0 Å². The van der Waals surface area contributed by atoms with Crippen LogP contribution < -0.4 is 14.9 Å². The molecule has 0 unspecified atom stereocenters. The summed E-state index contributed by atoms with van der Waals surface area (Å²) in [5.41, 5.74) is 1.17. The van der Waals surface area contributed by atoms with E-state index in [-0.39, 0.29) is 0 Å². The van der Waals surface area contributed by atoms with Crippen LogP contribution in [0.4, 0.5) is 0 Å². The Hall–Kier alpha value is -1.63. The maximum atomic E-state index is 9.23. The first kappa shape index (κ1) is 15.8. The summed E-state index contributed by atoms with van der Waals surface area (Å²) in [6.07, 6.45) is 2.02. The molecule has 0 fully saturated rings. The SMILES string of the molecule is COc1ccc(B(O)O)cc1COc1ccc(SC)cc1. The van der Waals surface area contributed by atoms with Crippen LogP contribution >= 0.6 is 11.8 Å². The zero-order chi connectivity index (χ0) is 15.2. The van der Waals surface area contributed by atoms with Gasteiger partial charge in [-0.1, -0.05) is 12.1 Å². The number of hydrogen-bond donors (Lipinski definition) is 2. The minimum absolute atomic E-state index is 0.294. The molecule has 0 aliphatic carbocycles. The number of rotatable bonds is 6. The minimum Gasteiger partial charge on any atom is -0.496 e. The van der Waals surface area contributed by atoms with Gasteiger partial charge in [0.2, 0.25) is 0 Å². The van der Waals surface area contributed by atoms with Crippen molar-refractivity contribution in [3.63, 3.8) is 0 Å². The molecule has 0 saturated carbocycles. The van der Waals surface area contributed by atoms with Crippen LogP contribution in [0.5, 0.6) is 11.5 Å². The van der Waals surface area contributed by atoms with Gasteiger partial charge < -0.3 is 19.5 Å². The van der Waals surface area contributed by atoms with Gasteiger partial charge >= 0.3 is 7.12 Å². The van der Waals surface area contributed by atoms with Gasteiger partial charge in [-0.05, 0) is 42.1 Å². The van der Waals surface area contributed by atoms with Crippen LogP contribution in [-0.4, -0.2) is 30.5 Å². The monoisotopic (exact) mass is 304 g/mol. The molecule has 2 rings (SSSR count). The Labute approximate surface area is 128 Å². The molecule has 0 atom stereocenters. The predicted octanol–water partition coefficient (Wildman–Crippen LogP) is 1.68. The highest BCUT2D eigenvalue weighted by Gasteiger charge is 2.14. The van der Waals surface area contributed by atoms with Gasteiger partial charge in [0.1, 0.15) is 18.1 Å². The molecule has 0 aliphatic rings. The fourth-order valence-electron chi connectivity index (χ4n) is 1.90. The number of ether oxygens (including phenoxy) is 2. The predicted molar refractivity (Wildman–Crippen MR) is 85.4 cm³/mol. The summed E-state index contributed by atoms with van der Waals surface area (Å²) in [4.78, 5) is 1.17. The lowest BCUT2D eigenvalue weighted by Gasteiger charge is -2.12. The Morgan fingerprint density at radius 2 is 1.81 bits per heavy atom. The van der Waals surface area contributed by atoms with Gasteiger partial charge in [-0.2, -0.15) is 0 Å². The van der Waals surface area contributed by atoms with E-state index >= 15 is 0 Å². The maximum absolute atomic E-state index is 9.23. The fourth-order valence-corrected chi connectivity index (χ4v) is 2.31. The highest BCUT2D eigenvalue weighted by Crippen LogP contribution is 2.22. The number of benzene rings is 2. The third kappa shape index (κ3) is 4.17. The Balaban J connectivity index is 2.12. The molecule has 0 aliphatic heterocycles. The zero-order valence-corrected chi connectivity index (χ0v) is 12.8. The van der Waals surface area contributed by atoms with E-state index < -0.39 is 7.12 Å². The first-order valence-electron chi connectivity index (χ1n) is 6.44. The van der Waals surface area contributed by atoms with Crippen LogP contribution in [0.2, 0.25) is 0 Å². The van der Waals surface area contributed by atoms with Crippen molar-refractivity contribution in [2.75, 3.05) is 13.4 Å². The Morgan fingerprint density at radius 3 is 2.38 bits per heavy atom. The standard InChI is InChI=1S/C15H17BO4S/c1-19-15-8-3-12(16(17)18)9-11(15)10-20-13-4-6-14(21-2)7-5-13/h3-9,17-18H,10H2,1-2H3. The third-order valence-electron chi connectivity index (χ3n) is 3.06. The average molecular weight is 304 g/mol. The number of thioether (sulfide) groups is 1. The lowest BCUT2D eigenvalue weighted by molar-refractivity contribution is 0.296. The molecular formula is C15H17BO4S.